The number of halogens is 1. The normalized spacial score (nSPS) is 23.4. The van der Waals surface area contributed by atoms with E-state index in [0.29, 0.717) is 12.5 Å². The molecule has 1 aromatic carbocycles. The Morgan fingerprint density at radius 2 is 1.74 bits per heavy atom. The van der Waals surface area contributed by atoms with E-state index in [1.54, 1.807) is 22.5 Å². The number of likely N-dealkylation sites (tertiary alicyclic amines) is 2. The van der Waals surface area contributed by atoms with Gasteiger partial charge in [0.15, 0.2) is 0 Å². The predicted molar refractivity (Wildman–Crippen MR) is 136 cm³/mol. The molecule has 9 heteroatoms. The van der Waals surface area contributed by atoms with E-state index in [1.165, 1.54) is 38.9 Å². The topological polar surface area (TPSA) is 70.2 Å². The molecule has 1 amide bonds. The molecule has 1 atom stereocenters. The molecule has 190 valence electrons. The first-order valence-electron chi connectivity index (χ1n) is 12.8. The Hall–Kier alpha value is -1.00. The Morgan fingerprint density at radius 3 is 2.47 bits per heavy atom. The third-order valence-corrected chi connectivity index (χ3v) is 9.97. The molecule has 1 aromatic rings. The van der Waals surface area contributed by atoms with Gasteiger partial charge in [-0.1, -0.05) is 28.4 Å². The van der Waals surface area contributed by atoms with Gasteiger partial charge >= 0.3 is 0 Å². The number of piperidine rings is 2. The Balaban J connectivity index is 1.21. The molecule has 3 aliphatic heterocycles. The highest BCUT2D eigenvalue weighted by Crippen LogP contribution is 2.27. The van der Waals surface area contributed by atoms with Crippen LogP contribution in [0, 0.1) is 5.92 Å². The molecule has 0 bridgehead atoms. The molecule has 0 aromatic heterocycles. The fraction of sp³-hybridized carbons (Fsp3) is 0.720. The lowest BCUT2D eigenvalue weighted by Crippen LogP contribution is -2.46. The van der Waals surface area contributed by atoms with E-state index in [2.05, 4.69) is 20.8 Å². The zero-order valence-corrected chi connectivity index (χ0v) is 22.4. The first-order chi connectivity index (χ1) is 16.4. The molecule has 1 unspecified atom stereocenters. The van der Waals surface area contributed by atoms with Crippen molar-refractivity contribution in [1.82, 2.24) is 14.1 Å². The Bertz CT molecular complexity index is 914. The SMILES string of the molecule is O=C(COCC1CCCCN1S(=O)(=O)c1cccc(Br)c1)N1CCC(CCN2CCCC2)CC1. The molecule has 7 nitrogen and oxygen atoms in total. The van der Waals surface area contributed by atoms with Gasteiger partial charge in [0.25, 0.3) is 0 Å². The summed E-state index contributed by atoms with van der Waals surface area (Å²) in [6.45, 7) is 6.07. The van der Waals surface area contributed by atoms with Crippen LogP contribution in [-0.2, 0) is 19.6 Å². The van der Waals surface area contributed by atoms with Gasteiger partial charge in [-0.05, 0) is 88.7 Å². The number of sulfonamides is 1. The minimum Gasteiger partial charge on any atom is -0.370 e. The van der Waals surface area contributed by atoms with Crippen molar-refractivity contribution in [2.75, 3.05) is 52.5 Å². The number of carbonyl (C=O) groups is 1. The number of rotatable bonds is 9. The maximum Gasteiger partial charge on any atom is 0.248 e. The quantitative estimate of drug-likeness (QED) is 0.464. The lowest BCUT2D eigenvalue weighted by atomic mass is 9.93. The molecule has 3 saturated heterocycles. The molecule has 0 N–H and O–H groups in total. The summed E-state index contributed by atoms with van der Waals surface area (Å²) >= 11 is 3.37. The summed E-state index contributed by atoms with van der Waals surface area (Å²) in [5.74, 6) is 0.736. The zero-order chi connectivity index (χ0) is 24.0. The molecule has 0 aliphatic carbocycles. The van der Waals surface area contributed by atoms with Gasteiger partial charge in [-0.3, -0.25) is 4.79 Å². The van der Waals surface area contributed by atoms with Gasteiger partial charge in [0.2, 0.25) is 15.9 Å². The zero-order valence-electron chi connectivity index (χ0n) is 20.0. The largest absolute Gasteiger partial charge is 0.370 e. The molecule has 3 fully saturated rings. The summed E-state index contributed by atoms with van der Waals surface area (Å²) in [6.07, 6.45) is 8.61. The van der Waals surface area contributed by atoms with E-state index in [-0.39, 0.29) is 30.1 Å². The smallest absolute Gasteiger partial charge is 0.248 e. The van der Waals surface area contributed by atoms with Crippen LogP contribution in [0.4, 0.5) is 0 Å². The first-order valence-corrected chi connectivity index (χ1v) is 15.0. The minimum atomic E-state index is -3.60. The number of hydrogen-bond acceptors (Lipinski definition) is 5. The van der Waals surface area contributed by atoms with Crippen molar-refractivity contribution in [3.8, 4) is 0 Å². The lowest BCUT2D eigenvalue weighted by Gasteiger charge is -2.35. The number of amides is 1. The van der Waals surface area contributed by atoms with Gasteiger partial charge in [0.05, 0.1) is 11.5 Å². The molecular formula is C25H38BrN3O4S. The van der Waals surface area contributed by atoms with Crippen LogP contribution in [0.3, 0.4) is 0 Å². The molecule has 4 rings (SSSR count). The van der Waals surface area contributed by atoms with Gasteiger partial charge in [-0.15, -0.1) is 0 Å². The highest BCUT2D eigenvalue weighted by molar-refractivity contribution is 9.10. The summed E-state index contributed by atoms with van der Waals surface area (Å²) < 4.78 is 34.6. The van der Waals surface area contributed by atoms with Crippen LogP contribution in [0.5, 0.6) is 0 Å². The molecule has 34 heavy (non-hydrogen) atoms. The maximum absolute atomic E-state index is 13.2. The maximum atomic E-state index is 13.2. The van der Waals surface area contributed by atoms with Gasteiger partial charge in [-0.2, -0.15) is 4.31 Å². The third-order valence-electron chi connectivity index (χ3n) is 7.53. The number of carbonyl (C=O) groups excluding carboxylic acids is 1. The second-order valence-corrected chi connectivity index (χ2v) is 12.7. The fourth-order valence-electron chi connectivity index (χ4n) is 5.44. The number of hydrogen-bond donors (Lipinski definition) is 0. The van der Waals surface area contributed by atoms with E-state index in [4.69, 9.17) is 4.74 Å². The second-order valence-electron chi connectivity index (χ2n) is 9.90. The van der Waals surface area contributed by atoms with E-state index >= 15 is 0 Å². The standard InChI is InChI=1S/C25H38BrN3O4S/c26-22-6-5-8-24(18-22)34(31,32)29-14-2-1-7-23(29)19-33-20-25(30)28-16-10-21(11-17-28)9-15-27-12-3-4-13-27/h5-6,8,18,21,23H,1-4,7,9-17,19-20H2. The summed E-state index contributed by atoms with van der Waals surface area (Å²) in [6, 6.07) is 6.59. The van der Waals surface area contributed by atoms with Crippen LogP contribution in [0.25, 0.3) is 0 Å². The van der Waals surface area contributed by atoms with E-state index in [0.717, 1.165) is 49.7 Å². The van der Waals surface area contributed by atoms with Crippen molar-refractivity contribution in [2.45, 2.75) is 62.3 Å². The average Bonchev–Trinajstić information content (AvgIpc) is 3.37. The predicted octanol–water partition coefficient (Wildman–Crippen LogP) is 3.73. The molecule has 0 spiro atoms. The van der Waals surface area contributed by atoms with Crippen LogP contribution in [0.2, 0.25) is 0 Å². The summed E-state index contributed by atoms with van der Waals surface area (Å²) in [7, 11) is -3.60. The lowest BCUT2D eigenvalue weighted by molar-refractivity contribution is -0.138. The van der Waals surface area contributed by atoms with Gasteiger partial charge in [0.1, 0.15) is 6.61 Å². The molecule has 0 saturated carbocycles. The van der Waals surface area contributed by atoms with Crippen LogP contribution in [0.15, 0.2) is 33.6 Å². The third kappa shape index (κ3) is 6.81. The van der Waals surface area contributed by atoms with Gasteiger partial charge < -0.3 is 14.5 Å². The van der Waals surface area contributed by atoms with Crippen molar-refractivity contribution in [3.63, 3.8) is 0 Å². The average molecular weight is 557 g/mol. The fourth-order valence-corrected chi connectivity index (χ4v) is 7.71. The van der Waals surface area contributed by atoms with Crippen LogP contribution in [0.1, 0.15) is 51.4 Å². The van der Waals surface area contributed by atoms with Crippen molar-refractivity contribution < 1.29 is 17.9 Å². The van der Waals surface area contributed by atoms with Crippen molar-refractivity contribution in [3.05, 3.63) is 28.7 Å². The summed E-state index contributed by atoms with van der Waals surface area (Å²) in [4.78, 5) is 17.5. The Morgan fingerprint density at radius 1 is 1.00 bits per heavy atom. The van der Waals surface area contributed by atoms with Gasteiger partial charge in [0, 0.05) is 30.1 Å². The van der Waals surface area contributed by atoms with E-state index < -0.39 is 10.0 Å². The number of benzene rings is 1. The molecule has 0 radical (unpaired) electrons. The molecule has 3 heterocycles. The Kier molecular flexibility index (Phi) is 9.43. The van der Waals surface area contributed by atoms with Crippen molar-refractivity contribution in [1.29, 1.82) is 0 Å². The van der Waals surface area contributed by atoms with Crippen LogP contribution in [-0.4, -0.2) is 87.0 Å². The van der Waals surface area contributed by atoms with Crippen molar-refractivity contribution >= 4 is 31.9 Å². The van der Waals surface area contributed by atoms with E-state index in [1.807, 2.05) is 11.0 Å². The van der Waals surface area contributed by atoms with Crippen LogP contribution >= 0.6 is 15.9 Å². The molecule has 3 aliphatic rings. The van der Waals surface area contributed by atoms with Gasteiger partial charge in [-0.25, -0.2) is 8.42 Å². The first kappa shape index (κ1) is 26.1. The summed E-state index contributed by atoms with van der Waals surface area (Å²) in [5, 5.41) is 0. The second kappa shape index (κ2) is 12.3. The van der Waals surface area contributed by atoms with E-state index in [9.17, 15) is 13.2 Å². The van der Waals surface area contributed by atoms with Crippen molar-refractivity contribution in [2.24, 2.45) is 5.92 Å². The molecular weight excluding hydrogens is 518 g/mol. The highest BCUT2D eigenvalue weighted by Gasteiger charge is 2.34. The van der Waals surface area contributed by atoms with Crippen LogP contribution < -0.4 is 0 Å². The highest BCUT2D eigenvalue weighted by atomic mass is 79.9. The number of nitrogens with zero attached hydrogens (tertiary/aromatic N) is 3. The summed E-state index contributed by atoms with van der Waals surface area (Å²) in [5.41, 5.74) is 0. The monoisotopic (exact) mass is 555 g/mol. The minimum absolute atomic E-state index is 0.0233. The number of ether oxygens (including phenoxy) is 1. The Labute approximate surface area is 213 Å².